The monoisotopic (exact) mass is 311 g/mol. The lowest BCUT2D eigenvalue weighted by molar-refractivity contribution is -0.124. The van der Waals surface area contributed by atoms with E-state index in [-0.39, 0.29) is 16.8 Å². The SMILES string of the molecule is CNC(C)c1cccc(S(=O)(=O)NC2CCCNC2=O)c1. The van der Waals surface area contributed by atoms with E-state index in [1.165, 1.54) is 6.07 Å². The lowest BCUT2D eigenvalue weighted by Gasteiger charge is -2.22. The Morgan fingerprint density at radius 3 is 2.81 bits per heavy atom. The summed E-state index contributed by atoms with van der Waals surface area (Å²) in [5.74, 6) is -0.260. The third kappa shape index (κ3) is 3.81. The fourth-order valence-corrected chi connectivity index (χ4v) is 3.54. The van der Waals surface area contributed by atoms with Crippen molar-refractivity contribution in [3.8, 4) is 0 Å². The number of hydrogen-bond acceptors (Lipinski definition) is 4. The minimum absolute atomic E-state index is 0.0538. The quantitative estimate of drug-likeness (QED) is 0.740. The van der Waals surface area contributed by atoms with Crippen LogP contribution in [0.5, 0.6) is 0 Å². The van der Waals surface area contributed by atoms with Gasteiger partial charge in [0.1, 0.15) is 6.04 Å². The van der Waals surface area contributed by atoms with Crippen LogP contribution < -0.4 is 15.4 Å². The van der Waals surface area contributed by atoms with E-state index in [0.717, 1.165) is 12.0 Å². The maximum Gasteiger partial charge on any atom is 0.241 e. The first-order chi connectivity index (χ1) is 9.94. The average Bonchev–Trinajstić information content (AvgIpc) is 2.49. The van der Waals surface area contributed by atoms with Gasteiger partial charge in [-0.05, 0) is 44.5 Å². The van der Waals surface area contributed by atoms with Gasteiger partial charge in [-0.3, -0.25) is 4.79 Å². The van der Waals surface area contributed by atoms with E-state index in [2.05, 4.69) is 15.4 Å². The Hall–Kier alpha value is -1.44. The van der Waals surface area contributed by atoms with Gasteiger partial charge in [0, 0.05) is 12.6 Å². The predicted octanol–water partition coefficient (Wildman–Crippen LogP) is 0.524. The molecular weight excluding hydrogens is 290 g/mol. The number of piperidine rings is 1. The zero-order chi connectivity index (χ0) is 15.5. The normalized spacial score (nSPS) is 20.9. The molecule has 21 heavy (non-hydrogen) atoms. The maximum atomic E-state index is 12.4. The van der Waals surface area contributed by atoms with E-state index in [0.29, 0.717) is 13.0 Å². The first-order valence-corrected chi connectivity index (χ1v) is 8.49. The summed E-state index contributed by atoms with van der Waals surface area (Å²) in [6.45, 7) is 2.56. The number of carbonyl (C=O) groups excluding carboxylic acids is 1. The van der Waals surface area contributed by atoms with Gasteiger partial charge in [-0.15, -0.1) is 0 Å². The third-order valence-corrected chi connectivity index (χ3v) is 5.15. The summed E-state index contributed by atoms with van der Waals surface area (Å²) >= 11 is 0. The third-order valence-electron chi connectivity index (χ3n) is 3.68. The molecule has 1 aliphatic heterocycles. The fourth-order valence-electron chi connectivity index (χ4n) is 2.26. The van der Waals surface area contributed by atoms with Crippen molar-refractivity contribution < 1.29 is 13.2 Å². The van der Waals surface area contributed by atoms with Crippen molar-refractivity contribution >= 4 is 15.9 Å². The molecule has 0 bridgehead atoms. The van der Waals surface area contributed by atoms with Crippen molar-refractivity contribution in [2.45, 2.75) is 36.7 Å². The summed E-state index contributed by atoms with van der Waals surface area (Å²) in [6, 6.07) is 6.11. The fraction of sp³-hybridized carbons (Fsp3) is 0.500. The van der Waals surface area contributed by atoms with Crippen LogP contribution in [0.15, 0.2) is 29.2 Å². The summed E-state index contributed by atoms with van der Waals surface area (Å²) in [5.41, 5.74) is 0.883. The van der Waals surface area contributed by atoms with Crippen LogP contribution in [-0.4, -0.2) is 34.0 Å². The molecule has 2 rings (SSSR count). The Bertz CT molecular complexity index is 616. The molecule has 0 radical (unpaired) electrons. The highest BCUT2D eigenvalue weighted by Gasteiger charge is 2.27. The van der Waals surface area contributed by atoms with Crippen molar-refractivity contribution in [2.75, 3.05) is 13.6 Å². The van der Waals surface area contributed by atoms with E-state index >= 15 is 0 Å². The summed E-state index contributed by atoms with van der Waals surface area (Å²) in [4.78, 5) is 11.9. The van der Waals surface area contributed by atoms with Crippen molar-refractivity contribution in [2.24, 2.45) is 0 Å². The van der Waals surface area contributed by atoms with Crippen molar-refractivity contribution in [1.29, 1.82) is 0 Å². The minimum Gasteiger partial charge on any atom is -0.355 e. The molecular formula is C14H21N3O3S. The molecule has 116 valence electrons. The number of amides is 1. The van der Waals surface area contributed by atoms with Crippen LogP contribution in [0, 0.1) is 0 Å². The summed E-state index contributed by atoms with van der Waals surface area (Å²) in [7, 11) is -1.88. The topological polar surface area (TPSA) is 87.3 Å². The van der Waals surface area contributed by atoms with Crippen molar-refractivity contribution in [1.82, 2.24) is 15.4 Å². The predicted molar refractivity (Wildman–Crippen MR) is 80.3 cm³/mol. The molecule has 2 unspecified atom stereocenters. The molecule has 0 aliphatic carbocycles. The van der Waals surface area contributed by atoms with E-state index in [1.807, 2.05) is 20.0 Å². The Labute approximate surface area is 125 Å². The number of rotatable bonds is 5. The highest BCUT2D eigenvalue weighted by molar-refractivity contribution is 7.89. The van der Waals surface area contributed by atoms with Gasteiger partial charge in [0.05, 0.1) is 4.90 Å². The Morgan fingerprint density at radius 2 is 2.14 bits per heavy atom. The largest absolute Gasteiger partial charge is 0.355 e. The zero-order valence-electron chi connectivity index (χ0n) is 12.2. The molecule has 3 N–H and O–H groups in total. The summed E-state index contributed by atoms with van der Waals surface area (Å²) in [6.07, 6.45) is 1.30. The molecule has 1 saturated heterocycles. The minimum atomic E-state index is -3.70. The second-order valence-electron chi connectivity index (χ2n) is 5.19. The second-order valence-corrected chi connectivity index (χ2v) is 6.90. The molecule has 0 aromatic heterocycles. The molecule has 0 saturated carbocycles. The molecule has 0 spiro atoms. The Balaban J connectivity index is 2.21. The smallest absolute Gasteiger partial charge is 0.241 e. The van der Waals surface area contributed by atoms with Crippen LogP contribution in [0.25, 0.3) is 0 Å². The van der Waals surface area contributed by atoms with Gasteiger partial charge in [0.2, 0.25) is 15.9 Å². The van der Waals surface area contributed by atoms with Crippen LogP contribution in [0.2, 0.25) is 0 Å². The highest BCUT2D eigenvalue weighted by Crippen LogP contribution is 2.18. The van der Waals surface area contributed by atoms with Crippen molar-refractivity contribution in [3.63, 3.8) is 0 Å². The molecule has 1 aromatic rings. The van der Waals surface area contributed by atoms with E-state index < -0.39 is 16.1 Å². The molecule has 1 aliphatic rings. The van der Waals surface area contributed by atoms with E-state index in [9.17, 15) is 13.2 Å². The van der Waals surface area contributed by atoms with Gasteiger partial charge in [-0.2, -0.15) is 4.72 Å². The molecule has 1 aromatic carbocycles. The lowest BCUT2D eigenvalue weighted by Crippen LogP contribution is -2.50. The summed E-state index contributed by atoms with van der Waals surface area (Å²) < 4.78 is 27.3. The van der Waals surface area contributed by atoms with Crippen LogP contribution in [0.1, 0.15) is 31.4 Å². The Kier molecular flexibility index (Phi) is 4.97. The van der Waals surface area contributed by atoms with Crippen molar-refractivity contribution in [3.05, 3.63) is 29.8 Å². The summed E-state index contributed by atoms with van der Waals surface area (Å²) in [5, 5.41) is 5.74. The number of benzene rings is 1. The Morgan fingerprint density at radius 1 is 1.38 bits per heavy atom. The average molecular weight is 311 g/mol. The van der Waals surface area contributed by atoms with E-state index in [1.54, 1.807) is 12.1 Å². The van der Waals surface area contributed by atoms with Gasteiger partial charge >= 0.3 is 0 Å². The van der Waals surface area contributed by atoms with E-state index in [4.69, 9.17) is 0 Å². The van der Waals surface area contributed by atoms with Crippen LogP contribution in [0.3, 0.4) is 0 Å². The first-order valence-electron chi connectivity index (χ1n) is 7.01. The van der Waals surface area contributed by atoms with Gasteiger partial charge in [0.25, 0.3) is 0 Å². The number of carbonyl (C=O) groups is 1. The molecule has 1 fully saturated rings. The molecule has 1 amide bonds. The van der Waals surface area contributed by atoms with Gasteiger partial charge < -0.3 is 10.6 Å². The maximum absolute atomic E-state index is 12.4. The zero-order valence-corrected chi connectivity index (χ0v) is 13.0. The lowest BCUT2D eigenvalue weighted by atomic mass is 10.1. The van der Waals surface area contributed by atoms with Crippen LogP contribution >= 0.6 is 0 Å². The van der Waals surface area contributed by atoms with Gasteiger partial charge in [-0.1, -0.05) is 12.1 Å². The highest BCUT2D eigenvalue weighted by atomic mass is 32.2. The molecule has 1 heterocycles. The van der Waals surface area contributed by atoms with Gasteiger partial charge in [0.15, 0.2) is 0 Å². The van der Waals surface area contributed by atoms with Crippen LogP contribution in [-0.2, 0) is 14.8 Å². The second kappa shape index (κ2) is 6.55. The number of hydrogen-bond donors (Lipinski definition) is 3. The molecule has 6 nitrogen and oxygen atoms in total. The standard InChI is InChI=1S/C14H21N3O3S/c1-10(15-2)11-5-3-6-12(9-11)21(19,20)17-13-7-4-8-16-14(13)18/h3,5-6,9-10,13,15,17H,4,7-8H2,1-2H3,(H,16,18). The number of sulfonamides is 1. The first kappa shape index (κ1) is 15.9. The number of nitrogens with one attached hydrogen (secondary N) is 3. The van der Waals surface area contributed by atoms with Gasteiger partial charge in [-0.25, -0.2) is 8.42 Å². The molecule has 2 atom stereocenters. The molecule has 7 heteroatoms. The van der Waals surface area contributed by atoms with Crippen LogP contribution in [0.4, 0.5) is 0 Å².